The smallest absolute Gasteiger partial charge is 0.318 e. The summed E-state index contributed by atoms with van der Waals surface area (Å²) in [6.45, 7) is 1.59. The molecule has 0 aromatic heterocycles. The molecule has 1 saturated carbocycles. The number of benzene rings is 2. The van der Waals surface area contributed by atoms with Crippen molar-refractivity contribution in [1.29, 1.82) is 0 Å². The van der Waals surface area contributed by atoms with Crippen LogP contribution in [-0.4, -0.2) is 73.5 Å². The van der Waals surface area contributed by atoms with Crippen LogP contribution >= 0.6 is 0 Å². The number of halogens is 1. The van der Waals surface area contributed by atoms with E-state index in [0.717, 1.165) is 49.8 Å². The number of anilines is 1. The van der Waals surface area contributed by atoms with E-state index in [2.05, 4.69) is 16.0 Å². The van der Waals surface area contributed by atoms with Crippen LogP contribution in [0.25, 0.3) is 0 Å². The Hall–Kier alpha value is -3.83. The monoisotopic (exact) mass is 582 g/mol. The zero-order valence-electron chi connectivity index (χ0n) is 23.7. The maximum Gasteiger partial charge on any atom is 0.318 e. The lowest BCUT2D eigenvalue weighted by molar-refractivity contribution is -0.139. The van der Waals surface area contributed by atoms with E-state index in [1.807, 2.05) is 30.3 Å². The number of Topliss-reactive ketones (excluding diaryl/α,β-unsaturated/α-hetero) is 1. The first-order valence-corrected chi connectivity index (χ1v) is 14.5. The van der Waals surface area contributed by atoms with E-state index in [0.29, 0.717) is 32.7 Å². The molecular formula is C31H39FN4O6. The van der Waals surface area contributed by atoms with Crippen LogP contribution in [0.1, 0.15) is 44.1 Å². The zero-order chi connectivity index (χ0) is 29.7. The van der Waals surface area contributed by atoms with Crippen LogP contribution in [0.4, 0.5) is 14.9 Å². The van der Waals surface area contributed by atoms with Crippen molar-refractivity contribution in [3.05, 3.63) is 66.0 Å². The first kappa shape index (κ1) is 31.1. The molecule has 10 nitrogen and oxygen atoms in total. The standard InChI is InChI=1S/C31H39FN4O6/c32-24-11-13-25(14-12-24)33-30(39)28(37)27(21-42-20-23-9-5-2-6-10-23)34-29(38)26(19-22-7-3-1-4-8-22)35-31(40)36-15-17-41-18-16-36/h2,5-6,9-14,22,26-27H,1,3-4,7-8,15-21H2,(H,33,39)(H,34,38)(H,35,40). The van der Waals surface area contributed by atoms with Crippen LogP contribution in [0.5, 0.6) is 0 Å². The number of ketones is 1. The second-order valence-electron chi connectivity index (χ2n) is 10.7. The number of nitrogens with one attached hydrogen (secondary N) is 3. The summed E-state index contributed by atoms with van der Waals surface area (Å²) < 4.78 is 24.4. The lowest BCUT2D eigenvalue weighted by Crippen LogP contribution is -2.57. The van der Waals surface area contributed by atoms with Gasteiger partial charge in [0.2, 0.25) is 11.7 Å². The Morgan fingerprint density at radius 2 is 1.60 bits per heavy atom. The van der Waals surface area contributed by atoms with Gasteiger partial charge in [-0.05, 0) is 42.2 Å². The first-order chi connectivity index (χ1) is 20.4. The fourth-order valence-electron chi connectivity index (χ4n) is 5.20. The molecule has 2 unspecified atom stereocenters. The molecule has 4 rings (SSSR count). The molecule has 2 aromatic carbocycles. The summed E-state index contributed by atoms with van der Waals surface area (Å²) in [6, 6.07) is 11.7. The highest BCUT2D eigenvalue weighted by molar-refractivity contribution is 6.42. The second-order valence-corrected chi connectivity index (χ2v) is 10.7. The van der Waals surface area contributed by atoms with Crippen LogP contribution < -0.4 is 16.0 Å². The molecule has 1 aliphatic heterocycles. The molecule has 0 radical (unpaired) electrons. The minimum atomic E-state index is -1.31. The third kappa shape index (κ3) is 9.63. The van der Waals surface area contributed by atoms with Crippen molar-refractivity contribution in [2.75, 3.05) is 38.2 Å². The fourth-order valence-corrected chi connectivity index (χ4v) is 5.20. The summed E-state index contributed by atoms with van der Waals surface area (Å²) in [4.78, 5) is 54.4. The Morgan fingerprint density at radius 1 is 0.905 bits per heavy atom. The Morgan fingerprint density at radius 3 is 2.29 bits per heavy atom. The largest absolute Gasteiger partial charge is 0.378 e. The lowest BCUT2D eigenvalue weighted by Gasteiger charge is -2.31. The molecule has 3 N–H and O–H groups in total. The van der Waals surface area contributed by atoms with Gasteiger partial charge in [-0.25, -0.2) is 9.18 Å². The topological polar surface area (TPSA) is 126 Å². The average molecular weight is 583 g/mol. The van der Waals surface area contributed by atoms with Crippen LogP contribution in [-0.2, 0) is 30.5 Å². The van der Waals surface area contributed by atoms with Gasteiger partial charge in [-0.3, -0.25) is 14.4 Å². The predicted molar refractivity (Wildman–Crippen MR) is 154 cm³/mol. The Bertz CT molecular complexity index is 1180. The van der Waals surface area contributed by atoms with Crippen LogP contribution in [0.2, 0.25) is 0 Å². The third-order valence-corrected chi connectivity index (χ3v) is 7.56. The third-order valence-electron chi connectivity index (χ3n) is 7.56. The molecule has 226 valence electrons. The molecule has 4 amide bonds. The molecule has 2 fully saturated rings. The number of nitrogens with zero attached hydrogens (tertiary/aromatic N) is 1. The molecule has 0 spiro atoms. The maximum absolute atomic E-state index is 13.7. The number of carbonyl (C=O) groups excluding carboxylic acids is 4. The number of hydrogen-bond donors (Lipinski definition) is 3. The highest BCUT2D eigenvalue weighted by atomic mass is 19.1. The highest BCUT2D eigenvalue weighted by Crippen LogP contribution is 2.27. The number of amides is 4. The average Bonchev–Trinajstić information content (AvgIpc) is 3.02. The molecule has 11 heteroatoms. The van der Waals surface area contributed by atoms with E-state index < -0.39 is 35.5 Å². The molecular weight excluding hydrogens is 543 g/mol. The van der Waals surface area contributed by atoms with E-state index in [4.69, 9.17) is 9.47 Å². The minimum Gasteiger partial charge on any atom is -0.378 e. The highest BCUT2D eigenvalue weighted by Gasteiger charge is 2.33. The molecule has 2 atom stereocenters. The summed E-state index contributed by atoms with van der Waals surface area (Å²) in [5, 5.41) is 8.00. The van der Waals surface area contributed by atoms with Crippen molar-refractivity contribution in [2.24, 2.45) is 5.92 Å². The van der Waals surface area contributed by atoms with Crippen molar-refractivity contribution >= 4 is 29.3 Å². The molecule has 2 aromatic rings. The lowest BCUT2D eigenvalue weighted by atomic mass is 9.84. The molecule has 0 bridgehead atoms. The maximum atomic E-state index is 13.7. The summed E-state index contributed by atoms with van der Waals surface area (Å²) in [7, 11) is 0. The number of rotatable bonds is 12. The summed E-state index contributed by atoms with van der Waals surface area (Å²) in [6.07, 6.45) is 5.62. The van der Waals surface area contributed by atoms with Gasteiger partial charge in [-0.2, -0.15) is 0 Å². The van der Waals surface area contributed by atoms with Gasteiger partial charge in [-0.15, -0.1) is 0 Å². The number of carbonyl (C=O) groups is 4. The van der Waals surface area contributed by atoms with Crippen molar-refractivity contribution in [3.63, 3.8) is 0 Å². The Balaban J connectivity index is 1.46. The summed E-state index contributed by atoms with van der Waals surface area (Å²) in [5.41, 5.74) is 1.09. The number of ether oxygens (including phenoxy) is 2. The molecule has 1 aliphatic carbocycles. The summed E-state index contributed by atoms with van der Waals surface area (Å²) in [5.74, 6) is -2.68. The normalized spacial score (nSPS) is 17.1. The van der Waals surface area contributed by atoms with E-state index >= 15 is 0 Å². The number of hydrogen-bond acceptors (Lipinski definition) is 6. The van der Waals surface area contributed by atoms with Gasteiger partial charge in [0, 0.05) is 18.8 Å². The predicted octanol–water partition coefficient (Wildman–Crippen LogP) is 3.42. The SMILES string of the molecule is O=C(Nc1ccc(F)cc1)C(=O)C(COCc1ccccc1)NC(=O)C(CC1CCCCC1)NC(=O)N1CCOCC1. The van der Waals surface area contributed by atoms with Gasteiger partial charge >= 0.3 is 6.03 Å². The van der Waals surface area contributed by atoms with Crippen molar-refractivity contribution < 1.29 is 33.0 Å². The number of morpholine rings is 1. The van der Waals surface area contributed by atoms with Gasteiger partial charge in [-0.1, -0.05) is 62.4 Å². The molecule has 1 saturated heterocycles. The molecule has 1 heterocycles. The van der Waals surface area contributed by atoms with Gasteiger partial charge in [0.15, 0.2) is 0 Å². The van der Waals surface area contributed by atoms with Gasteiger partial charge in [0.25, 0.3) is 5.91 Å². The Kier molecular flexibility index (Phi) is 11.8. The van der Waals surface area contributed by atoms with E-state index in [1.54, 1.807) is 4.90 Å². The van der Waals surface area contributed by atoms with Crippen molar-refractivity contribution in [2.45, 2.75) is 57.2 Å². The summed E-state index contributed by atoms with van der Waals surface area (Å²) >= 11 is 0. The van der Waals surface area contributed by atoms with E-state index in [-0.39, 0.29) is 30.9 Å². The molecule has 42 heavy (non-hydrogen) atoms. The van der Waals surface area contributed by atoms with Crippen LogP contribution in [0, 0.1) is 11.7 Å². The van der Waals surface area contributed by atoms with Gasteiger partial charge in [0.1, 0.15) is 17.9 Å². The van der Waals surface area contributed by atoms with Crippen molar-refractivity contribution in [1.82, 2.24) is 15.5 Å². The second kappa shape index (κ2) is 16.0. The van der Waals surface area contributed by atoms with Crippen molar-refractivity contribution in [3.8, 4) is 0 Å². The van der Waals surface area contributed by atoms with Gasteiger partial charge < -0.3 is 30.3 Å². The Labute approximate surface area is 245 Å². The first-order valence-electron chi connectivity index (χ1n) is 14.5. The van der Waals surface area contributed by atoms with Gasteiger partial charge in [0.05, 0.1) is 26.4 Å². The quantitative estimate of drug-likeness (QED) is 0.330. The van der Waals surface area contributed by atoms with Crippen LogP contribution in [0.15, 0.2) is 54.6 Å². The van der Waals surface area contributed by atoms with E-state index in [9.17, 15) is 23.6 Å². The zero-order valence-corrected chi connectivity index (χ0v) is 23.7. The minimum absolute atomic E-state index is 0.166. The van der Waals surface area contributed by atoms with E-state index in [1.165, 1.54) is 12.1 Å². The number of urea groups is 1. The van der Waals surface area contributed by atoms with Crippen LogP contribution in [0.3, 0.4) is 0 Å². The molecule has 2 aliphatic rings. The fraction of sp³-hybridized carbons (Fsp3) is 0.484.